The zero-order valence-corrected chi connectivity index (χ0v) is 7.52. The predicted octanol–water partition coefficient (Wildman–Crippen LogP) is 1.65. The standard InChI is InChI=1S/C9H10BF.H3N/c1-3-7-4-6(2)9(11)8(10)5-7;/h4-5H,3H2,1-2H3;1H3. The summed E-state index contributed by atoms with van der Waals surface area (Å²) < 4.78 is 12.9. The van der Waals surface area contributed by atoms with Crippen molar-refractivity contribution in [3.63, 3.8) is 0 Å². The molecule has 2 radical (unpaired) electrons. The summed E-state index contributed by atoms with van der Waals surface area (Å²) in [5.74, 6) is -0.290. The van der Waals surface area contributed by atoms with Crippen LogP contribution in [0.1, 0.15) is 18.1 Å². The maximum Gasteiger partial charge on any atom is 0.119 e. The molecule has 1 aromatic carbocycles. The summed E-state index contributed by atoms with van der Waals surface area (Å²) in [6.45, 7) is 3.75. The van der Waals surface area contributed by atoms with E-state index in [4.69, 9.17) is 7.85 Å². The number of aryl methyl sites for hydroxylation is 2. The quantitative estimate of drug-likeness (QED) is 0.630. The van der Waals surface area contributed by atoms with Crippen molar-refractivity contribution in [3.05, 3.63) is 29.1 Å². The molecule has 3 N–H and O–H groups in total. The highest BCUT2D eigenvalue weighted by Crippen LogP contribution is 2.06. The molecule has 0 saturated carbocycles. The van der Waals surface area contributed by atoms with Crippen LogP contribution in [0.25, 0.3) is 0 Å². The Morgan fingerprint density at radius 2 is 2.00 bits per heavy atom. The van der Waals surface area contributed by atoms with Crippen LogP contribution >= 0.6 is 0 Å². The average molecular weight is 165 g/mol. The van der Waals surface area contributed by atoms with Gasteiger partial charge in [-0.05, 0) is 24.5 Å². The third kappa shape index (κ3) is 2.08. The Morgan fingerprint density at radius 3 is 2.42 bits per heavy atom. The zero-order chi connectivity index (χ0) is 8.43. The van der Waals surface area contributed by atoms with E-state index in [0.717, 1.165) is 12.0 Å². The average Bonchev–Trinajstić information content (AvgIpc) is 1.99. The lowest BCUT2D eigenvalue weighted by molar-refractivity contribution is 0.626. The van der Waals surface area contributed by atoms with Crippen LogP contribution < -0.4 is 11.6 Å². The van der Waals surface area contributed by atoms with E-state index in [-0.39, 0.29) is 17.4 Å². The molecule has 0 unspecified atom stereocenters. The van der Waals surface area contributed by atoms with E-state index in [1.54, 1.807) is 13.0 Å². The molecular formula is C9H13BFN. The summed E-state index contributed by atoms with van der Waals surface area (Å²) >= 11 is 0. The second-order valence-electron chi connectivity index (χ2n) is 2.67. The van der Waals surface area contributed by atoms with Crippen molar-refractivity contribution in [2.45, 2.75) is 20.3 Å². The van der Waals surface area contributed by atoms with E-state index in [9.17, 15) is 4.39 Å². The molecule has 0 bridgehead atoms. The molecule has 0 atom stereocenters. The SMILES string of the molecule is N.[B]c1cc(CC)cc(C)c1F. The predicted molar refractivity (Wildman–Crippen MR) is 50.9 cm³/mol. The van der Waals surface area contributed by atoms with Gasteiger partial charge in [0, 0.05) is 0 Å². The van der Waals surface area contributed by atoms with E-state index >= 15 is 0 Å². The maximum atomic E-state index is 12.9. The Morgan fingerprint density at radius 1 is 1.42 bits per heavy atom. The molecule has 0 spiro atoms. The second kappa shape index (κ2) is 4.26. The van der Waals surface area contributed by atoms with E-state index in [2.05, 4.69) is 0 Å². The molecule has 0 amide bonds. The molecule has 1 aromatic rings. The second-order valence-corrected chi connectivity index (χ2v) is 2.67. The van der Waals surface area contributed by atoms with Gasteiger partial charge in [-0.25, -0.2) is 4.39 Å². The minimum Gasteiger partial charge on any atom is -0.344 e. The Hall–Kier alpha value is -0.825. The van der Waals surface area contributed by atoms with Gasteiger partial charge >= 0.3 is 0 Å². The first-order valence-corrected chi connectivity index (χ1v) is 3.69. The Balaban J connectivity index is 0.00000121. The molecule has 12 heavy (non-hydrogen) atoms. The van der Waals surface area contributed by atoms with Gasteiger partial charge in [0.2, 0.25) is 0 Å². The molecule has 0 aromatic heterocycles. The van der Waals surface area contributed by atoms with E-state index in [0.29, 0.717) is 5.56 Å². The monoisotopic (exact) mass is 165 g/mol. The van der Waals surface area contributed by atoms with Gasteiger partial charge in [-0.3, -0.25) is 0 Å². The lowest BCUT2D eigenvalue weighted by Crippen LogP contribution is -2.11. The number of hydrogen-bond acceptors (Lipinski definition) is 1. The Kier molecular flexibility index (Phi) is 3.97. The van der Waals surface area contributed by atoms with E-state index in [1.165, 1.54) is 0 Å². The number of halogens is 1. The van der Waals surface area contributed by atoms with Gasteiger partial charge in [-0.2, -0.15) is 0 Å². The minimum atomic E-state index is -0.290. The topological polar surface area (TPSA) is 35.0 Å². The molecule has 0 aliphatic rings. The smallest absolute Gasteiger partial charge is 0.119 e. The molecule has 0 aliphatic carbocycles. The number of benzene rings is 1. The van der Waals surface area contributed by atoms with E-state index < -0.39 is 0 Å². The van der Waals surface area contributed by atoms with Crippen LogP contribution in [0.4, 0.5) is 4.39 Å². The molecule has 0 saturated heterocycles. The van der Waals surface area contributed by atoms with Crippen molar-refractivity contribution >= 4 is 13.3 Å². The van der Waals surface area contributed by atoms with Crippen LogP contribution in [0, 0.1) is 12.7 Å². The van der Waals surface area contributed by atoms with Gasteiger partial charge in [-0.15, -0.1) is 0 Å². The largest absolute Gasteiger partial charge is 0.344 e. The van der Waals surface area contributed by atoms with Crippen LogP contribution in [0.3, 0.4) is 0 Å². The highest BCUT2D eigenvalue weighted by Gasteiger charge is 2.01. The Labute approximate surface area is 74.0 Å². The third-order valence-electron chi connectivity index (χ3n) is 1.75. The normalized spacial score (nSPS) is 9.25. The van der Waals surface area contributed by atoms with Gasteiger partial charge < -0.3 is 6.15 Å². The molecular weight excluding hydrogens is 152 g/mol. The Bertz CT molecular complexity index is 250. The summed E-state index contributed by atoms with van der Waals surface area (Å²) in [5.41, 5.74) is 1.96. The van der Waals surface area contributed by atoms with Crippen molar-refractivity contribution < 1.29 is 4.39 Å². The summed E-state index contributed by atoms with van der Waals surface area (Å²) in [6, 6.07) is 3.51. The summed E-state index contributed by atoms with van der Waals surface area (Å²) in [6.07, 6.45) is 0.894. The minimum absolute atomic E-state index is 0. The summed E-state index contributed by atoms with van der Waals surface area (Å²) in [7, 11) is 5.42. The van der Waals surface area contributed by atoms with Crippen molar-refractivity contribution in [1.29, 1.82) is 0 Å². The van der Waals surface area contributed by atoms with Crippen molar-refractivity contribution in [1.82, 2.24) is 6.15 Å². The van der Waals surface area contributed by atoms with Gasteiger partial charge in [0.25, 0.3) is 0 Å². The van der Waals surface area contributed by atoms with Crippen LogP contribution in [0.2, 0.25) is 0 Å². The first-order chi connectivity index (χ1) is 5.15. The summed E-state index contributed by atoms with van der Waals surface area (Å²) in [5, 5.41) is 0. The molecule has 3 heteroatoms. The van der Waals surface area contributed by atoms with Crippen LogP contribution in [-0.2, 0) is 6.42 Å². The molecule has 0 fully saturated rings. The van der Waals surface area contributed by atoms with Crippen molar-refractivity contribution in [2.75, 3.05) is 0 Å². The van der Waals surface area contributed by atoms with Gasteiger partial charge in [-0.1, -0.05) is 24.5 Å². The van der Waals surface area contributed by atoms with Crippen LogP contribution in [0.5, 0.6) is 0 Å². The fraction of sp³-hybridized carbons (Fsp3) is 0.333. The fourth-order valence-corrected chi connectivity index (χ4v) is 1.08. The van der Waals surface area contributed by atoms with Gasteiger partial charge in [0.1, 0.15) is 13.7 Å². The van der Waals surface area contributed by atoms with Gasteiger partial charge in [0.05, 0.1) is 0 Å². The van der Waals surface area contributed by atoms with Crippen molar-refractivity contribution in [3.8, 4) is 0 Å². The van der Waals surface area contributed by atoms with Gasteiger partial charge in [0.15, 0.2) is 0 Å². The van der Waals surface area contributed by atoms with Crippen molar-refractivity contribution in [2.24, 2.45) is 0 Å². The fourth-order valence-electron chi connectivity index (χ4n) is 1.08. The lowest BCUT2D eigenvalue weighted by atomic mass is 9.91. The molecule has 0 heterocycles. The molecule has 0 aliphatic heterocycles. The zero-order valence-electron chi connectivity index (χ0n) is 7.52. The van der Waals surface area contributed by atoms with Crippen LogP contribution in [0.15, 0.2) is 12.1 Å². The first kappa shape index (κ1) is 11.2. The first-order valence-electron chi connectivity index (χ1n) is 3.69. The molecule has 1 nitrogen and oxygen atoms in total. The summed E-state index contributed by atoms with van der Waals surface area (Å²) in [4.78, 5) is 0. The third-order valence-corrected chi connectivity index (χ3v) is 1.75. The van der Waals surface area contributed by atoms with Crippen LogP contribution in [-0.4, -0.2) is 7.85 Å². The number of hydrogen-bond donors (Lipinski definition) is 1. The highest BCUT2D eigenvalue weighted by atomic mass is 19.1. The maximum absolute atomic E-state index is 12.9. The molecule has 64 valence electrons. The lowest BCUT2D eigenvalue weighted by Gasteiger charge is -2.04. The highest BCUT2D eigenvalue weighted by molar-refractivity contribution is 6.32. The van der Waals surface area contributed by atoms with E-state index in [1.807, 2.05) is 13.0 Å². The molecule has 1 rings (SSSR count). The number of rotatable bonds is 1.